The maximum Gasteiger partial charge on any atom is 0.219 e. The molecule has 0 aliphatic rings. The highest BCUT2D eigenvalue weighted by Gasteiger charge is 2.05. The molecule has 2 heteroatoms. The zero-order valence-electron chi connectivity index (χ0n) is 8.79. The molecule has 1 N–H and O–H groups in total. The molecule has 2 nitrogen and oxygen atoms in total. The minimum absolute atomic E-state index is 0.119. The Balaban J connectivity index is 2.41. The normalized spacial score (nSPS) is 12.1. The van der Waals surface area contributed by atoms with Crippen molar-refractivity contribution < 1.29 is 4.79 Å². The topological polar surface area (TPSA) is 29.1 Å². The van der Waals surface area contributed by atoms with E-state index in [-0.39, 0.29) is 11.9 Å². The average molecular weight is 191 g/mol. The molecule has 0 aliphatic carbocycles. The zero-order chi connectivity index (χ0) is 10.4. The van der Waals surface area contributed by atoms with Gasteiger partial charge >= 0.3 is 0 Å². The fourth-order valence-corrected chi connectivity index (χ4v) is 1.40. The number of benzene rings is 1. The van der Waals surface area contributed by atoms with Crippen LogP contribution in [0.2, 0.25) is 0 Å². The lowest BCUT2D eigenvalue weighted by Gasteiger charge is -2.12. The van der Waals surface area contributed by atoms with Crippen molar-refractivity contribution in [3.8, 4) is 0 Å². The van der Waals surface area contributed by atoms with Gasteiger partial charge in [0.15, 0.2) is 0 Å². The van der Waals surface area contributed by atoms with E-state index in [2.05, 4.69) is 17.4 Å². The second-order valence-electron chi connectivity index (χ2n) is 3.51. The summed E-state index contributed by atoms with van der Waals surface area (Å²) >= 11 is 0. The van der Waals surface area contributed by atoms with E-state index in [1.54, 1.807) is 0 Å². The number of carbonyl (C=O) groups is 1. The molecule has 0 saturated carbocycles. The molecule has 1 aromatic rings. The highest BCUT2D eigenvalue weighted by atomic mass is 16.1. The number of hydrogen-bond acceptors (Lipinski definition) is 1. The van der Waals surface area contributed by atoms with Crippen LogP contribution in [-0.2, 0) is 11.2 Å². The first kappa shape index (κ1) is 10.8. The summed E-state index contributed by atoms with van der Waals surface area (Å²) in [5.41, 5.74) is 1.26. The third kappa shape index (κ3) is 3.60. The van der Waals surface area contributed by atoms with Gasteiger partial charge in [-0.25, -0.2) is 0 Å². The molecule has 0 spiro atoms. The van der Waals surface area contributed by atoms with E-state index < -0.39 is 0 Å². The molecule has 0 unspecified atom stereocenters. The van der Waals surface area contributed by atoms with Crippen LogP contribution in [-0.4, -0.2) is 11.9 Å². The van der Waals surface area contributed by atoms with Crippen LogP contribution in [0.25, 0.3) is 0 Å². The van der Waals surface area contributed by atoms with Crippen LogP contribution in [0.4, 0.5) is 0 Å². The van der Waals surface area contributed by atoms with E-state index in [0.29, 0.717) is 6.42 Å². The van der Waals surface area contributed by atoms with Gasteiger partial charge in [0, 0.05) is 12.5 Å². The molecule has 1 aromatic carbocycles. The Kier molecular flexibility index (Phi) is 4.17. The minimum atomic E-state index is 0.119. The van der Waals surface area contributed by atoms with Gasteiger partial charge in [-0.2, -0.15) is 0 Å². The Morgan fingerprint density at radius 3 is 2.57 bits per heavy atom. The lowest BCUT2D eigenvalue weighted by molar-refractivity contribution is -0.121. The summed E-state index contributed by atoms with van der Waals surface area (Å²) in [6, 6.07) is 10.4. The molecule has 0 radical (unpaired) electrons. The fourth-order valence-electron chi connectivity index (χ4n) is 1.40. The summed E-state index contributed by atoms with van der Waals surface area (Å²) in [7, 11) is 0. The number of hydrogen-bond donors (Lipinski definition) is 1. The molecule has 0 bridgehead atoms. The van der Waals surface area contributed by atoms with Gasteiger partial charge in [0.2, 0.25) is 5.91 Å². The largest absolute Gasteiger partial charge is 0.353 e. The van der Waals surface area contributed by atoms with E-state index in [1.807, 2.05) is 32.0 Å². The van der Waals surface area contributed by atoms with Crippen LogP contribution in [0.3, 0.4) is 0 Å². The average Bonchev–Trinajstić information content (AvgIpc) is 2.19. The van der Waals surface area contributed by atoms with Gasteiger partial charge in [-0.05, 0) is 18.9 Å². The van der Waals surface area contributed by atoms with Crippen molar-refractivity contribution in [2.45, 2.75) is 32.7 Å². The van der Waals surface area contributed by atoms with E-state index in [0.717, 1.165) is 6.42 Å². The second kappa shape index (κ2) is 5.43. The van der Waals surface area contributed by atoms with Gasteiger partial charge in [0.05, 0.1) is 0 Å². The molecule has 76 valence electrons. The lowest BCUT2D eigenvalue weighted by Crippen LogP contribution is -2.33. The molecule has 1 amide bonds. The summed E-state index contributed by atoms with van der Waals surface area (Å²) in [6.45, 7) is 3.89. The lowest BCUT2D eigenvalue weighted by atomic mass is 10.1. The highest BCUT2D eigenvalue weighted by Crippen LogP contribution is 2.02. The Hall–Kier alpha value is -1.31. The molecule has 1 rings (SSSR count). The molecular formula is C12H17NO. The second-order valence-corrected chi connectivity index (χ2v) is 3.51. The van der Waals surface area contributed by atoms with Crippen molar-refractivity contribution in [2.75, 3.05) is 0 Å². The Bertz CT molecular complexity index is 282. The molecule has 1 atom stereocenters. The highest BCUT2D eigenvalue weighted by molar-refractivity contribution is 5.75. The molecule has 0 fully saturated rings. The van der Waals surface area contributed by atoms with Gasteiger partial charge in [-0.3, -0.25) is 4.79 Å². The fraction of sp³-hybridized carbons (Fsp3) is 0.417. The van der Waals surface area contributed by atoms with E-state index in [9.17, 15) is 4.79 Å². The Labute approximate surface area is 85.3 Å². The number of carbonyl (C=O) groups excluding carboxylic acids is 1. The summed E-state index contributed by atoms with van der Waals surface area (Å²) in [5.74, 6) is 0.119. The molecule has 0 heterocycles. The monoisotopic (exact) mass is 191 g/mol. The van der Waals surface area contributed by atoms with Crippen molar-refractivity contribution in [3.05, 3.63) is 35.9 Å². The molecule has 0 aromatic heterocycles. The van der Waals surface area contributed by atoms with Crippen molar-refractivity contribution in [2.24, 2.45) is 0 Å². The quantitative estimate of drug-likeness (QED) is 0.776. The Morgan fingerprint density at radius 1 is 1.36 bits per heavy atom. The maximum atomic E-state index is 11.1. The van der Waals surface area contributed by atoms with Gasteiger partial charge in [-0.15, -0.1) is 0 Å². The number of amides is 1. The zero-order valence-corrected chi connectivity index (χ0v) is 8.79. The number of rotatable bonds is 4. The van der Waals surface area contributed by atoms with E-state index >= 15 is 0 Å². The van der Waals surface area contributed by atoms with Crippen molar-refractivity contribution >= 4 is 5.91 Å². The van der Waals surface area contributed by atoms with Crippen LogP contribution in [0.5, 0.6) is 0 Å². The van der Waals surface area contributed by atoms with Crippen molar-refractivity contribution in [1.29, 1.82) is 0 Å². The van der Waals surface area contributed by atoms with E-state index in [1.165, 1.54) is 5.56 Å². The number of nitrogens with one attached hydrogen (secondary N) is 1. The SMILES string of the molecule is CCC(=O)N[C@@H](C)Cc1ccccc1. The first-order chi connectivity index (χ1) is 6.72. The standard InChI is InChI=1S/C12H17NO/c1-3-12(14)13-10(2)9-11-7-5-4-6-8-11/h4-8,10H,3,9H2,1-2H3,(H,13,14)/t10-/m0/s1. The predicted octanol–water partition coefficient (Wildman–Crippen LogP) is 2.14. The third-order valence-corrected chi connectivity index (χ3v) is 2.11. The summed E-state index contributed by atoms with van der Waals surface area (Å²) in [5, 5.41) is 2.94. The van der Waals surface area contributed by atoms with Gasteiger partial charge < -0.3 is 5.32 Å². The van der Waals surface area contributed by atoms with Crippen molar-refractivity contribution in [1.82, 2.24) is 5.32 Å². The molecule has 0 aliphatic heterocycles. The first-order valence-electron chi connectivity index (χ1n) is 5.05. The molecule has 0 saturated heterocycles. The van der Waals surface area contributed by atoms with E-state index in [4.69, 9.17) is 0 Å². The van der Waals surface area contributed by atoms with Crippen LogP contribution in [0.1, 0.15) is 25.8 Å². The first-order valence-corrected chi connectivity index (χ1v) is 5.05. The summed E-state index contributed by atoms with van der Waals surface area (Å²) in [6.07, 6.45) is 1.45. The van der Waals surface area contributed by atoms with Gasteiger partial charge in [0.1, 0.15) is 0 Å². The van der Waals surface area contributed by atoms with Gasteiger partial charge in [-0.1, -0.05) is 37.3 Å². The smallest absolute Gasteiger partial charge is 0.219 e. The summed E-state index contributed by atoms with van der Waals surface area (Å²) < 4.78 is 0. The summed E-state index contributed by atoms with van der Waals surface area (Å²) in [4.78, 5) is 11.1. The Morgan fingerprint density at radius 2 is 2.00 bits per heavy atom. The maximum absolute atomic E-state index is 11.1. The van der Waals surface area contributed by atoms with Crippen LogP contribution in [0.15, 0.2) is 30.3 Å². The predicted molar refractivity (Wildman–Crippen MR) is 58.0 cm³/mol. The van der Waals surface area contributed by atoms with Gasteiger partial charge in [0.25, 0.3) is 0 Å². The van der Waals surface area contributed by atoms with Crippen LogP contribution in [0, 0.1) is 0 Å². The van der Waals surface area contributed by atoms with Crippen LogP contribution < -0.4 is 5.32 Å². The molecular weight excluding hydrogens is 174 g/mol. The van der Waals surface area contributed by atoms with Crippen LogP contribution >= 0.6 is 0 Å². The third-order valence-electron chi connectivity index (χ3n) is 2.11. The molecule has 14 heavy (non-hydrogen) atoms. The minimum Gasteiger partial charge on any atom is -0.353 e. The van der Waals surface area contributed by atoms with Crippen molar-refractivity contribution in [3.63, 3.8) is 0 Å².